The predicted octanol–water partition coefficient (Wildman–Crippen LogP) is -0.853. The number of carboxylic acid groups (broad SMARTS) is 1. The van der Waals surface area contributed by atoms with Crippen LogP contribution >= 0.6 is 0 Å². The molecule has 0 aliphatic rings. The van der Waals surface area contributed by atoms with Gasteiger partial charge in [0.25, 0.3) is 0 Å². The van der Waals surface area contributed by atoms with Gasteiger partial charge < -0.3 is 16.6 Å². The van der Waals surface area contributed by atoms with Crippen molar-refractivity contribution in [1.82, 2.24) is 0 Å². The molecule has 0 aromatic rings. The number of unbranched alkanes of at least 4 members (excludes halogenated alkanes) is 1. The minimum absolute atomic E-state index is 0. The third-order valence-electron chi connectivity index (χ3n) is 1.29. The summed E-state index contributed by atoms with van der Waals surface area (Å²) in [5.74, 6) is -0.933. The van der Waals surface area contributed by atoms with Crippen LogP contribution in [-0.2, 0) is 4.79 Å². The van der Waals surface area contributed by atoms with Crippen LogP contribution in [0.5, 0.6) is 0 Å². The Labute approximate surface area is 83.3 Å². The van der Waals surface area contributed by atoms with Gasteiger partial charge in [0.2, 0.25) is 0 Å². The number of rotatable bonds is 5. The van der Waals surface area contributed by atoms with Crippen LogP contribution < -0.4 is 11.5 Å². The van der Waals surface area contributed by atoms with E-state index >= 15 is 0 Å². The maximum atomic E-state index is 10.1. The number of aliphatic carboxylic acids is 1. The van der Waals surface area contributed by atoms with Crippen molar-refractivity contribution in [1.29, 1.82) is 0 Å². The van der Waals surface area contributed by atoms with E-state index in [4.69, 9.17) is 16.6 Å². The summed E-state index contributed by atoms with van der Waals surface area (Å²) in [6, 6.07) is -0.716. The van der Waals surface area contributed by atoms with Gasteiger partial charge in [-0.1, -0.05) is 6.42 Å². The smallest absolute Gasteiger partial charge is 0.320 e. The van der Waals surface area contributed by atoms with E-state index in [1.165, 1.54) is 0 Å². The molecule has 0 spiro atoms. The molecule has 4 nitrogen and oxygen atoms in total. The molecule has 0 heterocycles. The van der Waals surface area contributed by atoms with Gasteiger partial charge in [0.05, 0.1) is 0 Å². The summed E-state index contributed by atoms with van der Waals surface area (Å²) in [5.41, 5.74) is 10.4. The van der Waals surface area contributed by atoms with Gasteiger partial charge in [-0.25, -0.2) is 0 Å². The average Bonchev–Trinajstić information content (AvgIpc) is 1.88. The molecule has 0 aromatic heterocycles. The Bertz CT molecular complexity index is 111. The van der Waals surface area contributed by atoms with Gasteiger partial charge in [0.1, 0.15) is 6.04 Å². The predicted molar refractivity (Wildman–Crippen MR) is 44.3 cm³/mol. The Kier molecular flexibility index (Phi) is 10.4. The molecule has 0 rings (SSSR count). The Balaban J connectivity index is 0. The first-order valence-electron chi connectivity index (χ1n) is 3.37. The molecule has 0 aliphatic carbocycles. The van der Waals surface area contributed by atoms with E-state index in [9.17, 15) is 4.79 Å². The molecule has 1 atom stereocenters. The van der Waals surface area contributed by atoms with E-state index < -0.39 is 12.0 Å². The van der Waals surface area contributed by atoms with Crippen molar-refractivity contribution >= 4 is 29.9 Å². The molecule has 64 valence electrons. The number of hydrogen-bond acceptors (Lipinski definition) is 3. The number of carboxylic acids is 1. The van der Waals surface area contributed by atoms with Crippen molar-refractivity contribution in [3.63, 3.8) is 0 Å². The number of nitrogens with two attached hydrogens (primary N) is 2. The molecule has 5 N–H and O–H groups in total. The maximum Gasteiger partial charge on any atom is 0.320 e. The van der Waals surface area contributed by atoms with Gasteiger partial charge in [-0.15, -0.1) is 0 Å². The first kappa shape index (κ1) is 13.8. The fourth-order valence-electron chi connectivity index (χ4n) is 0.632. The third-order valence-corrected chi connectivity index (χ3v) is 1.29. The molecule has 11 heavy (non-hydrogen) atoms. The van der Waals surface area contributed by atoms with Crippen LogP contribution in [0.4, 0.5) is 0 Å². The first-order valence-corrected chi connectivity index (χ1v) is 3.37. The van der Waals surface area contributed by atoms with Gasteiger partial charge in [0.15, 0.2) is 0 Å². The van der Waals surface area contributed by atoms with Crippen LogP contribution in [0, 0.1) is 0 Å². The summed E-state index contributed by atoms with van der Waals surface area (Å²) in [5, 5.41) is 8.33. The first-order chi connectivity index (χ1) is 4.68. The van der Waals surface area contributed by atoms with Crippen LogP contribution in [0.15, 0.2) is 0 Å². The monoisotopic (exact) mass is 266 g/mol. The fourth-order valence-corrected chi connectivity index (χ4v) is 0.632. The van der Waals surface area contributed by atoms with Crippen molar-refractivity contribution < 1.29 is 9.90 Å². The standard InChI is InChI=1S/C6H14N2O2.Sn/c7-4-2-1-3-5(8)6(9)10;/h5H,1-4,7-8H2,(H,9,10);/t5-;/m0./s1. The van der Waals surface area contributed by atoms with Crippen molar-refractivity contribution in [2.45, 2.75) is 25.3 Å². The van der Waals surface area contributed by atoms with E-state index in [1.54, 1.807) is 0 Å². The van der Waals surface area contributed by atoms with E-state index in [0.717, 1.165) is 12.8 Å². The SMILES string of the molecule is NCCCC[C@H](N)C(=O)O.[Sn]. The molecule has 0 fully saturated rings. The van der Waals surface area contributed by atoms with Crippen LogP contribution in [0.1, 0.15) is 19.3 Å². The summed E-state index contributed by atoms with van der Waals surface area (Å²) in [6.45, 7) is 0.604. The summed E-state index contributed by atoms with van der Waals surface area (Å²) in [7, 11) is 0. The molecule has 0 unspecified atom stereocenters. The molecular weight excluding hydrogens is 251 g/mol. The zero-order valence-corrected chi connectivity index (χ0v) is 9.27. The summed E-state index contributed by atoms with van der Waals surface area (Å²) >= 11 is 0. The summed E-state index contributed by atoms with van der Waals surface area (Å²) in [6.07, 6.45) is 2.16. The molecule has 4 radical (unpaired) electrons. The average molecular weight is 265 g/mol. The van der Waals surface area contributed by atoms with E-state index in [-0.39, 0.29) is 23.9 Å². The van der Waals surface area contributed by atoms with Crippen LogP contribution in [-0.4, -0.2) is 47.6 Å². The van der Waals surface area contributed by atoms with E-state index in [1.807, 2.05) is 0 Å². The largest absolute Gasteiger partial charge is 0.480 e. The van der Waals surface area contributed by atoms with Crippen molar-refractivity contribution in [2.75, 3.05) is 6.54 Å². The Hall–Kier alpha value is 0.189. The second-order valence-corrected chi connectivity index (χ2v) is 2.23. The number of carbonyl (C=O) groups is 1. The van der Waals surface area contributed by atoms with Gasteiger partial charge in [-0.3, -0.25) is 4.79 Å². The van der Waals surface area contributed by atoms with Crippen molar-refractivity contribution in [2.24, 2.45) is 11.5 Å². The Morgan fingerprint density at radius 1 is 1.45 bits per heavy atom. The fraction of sp³-hybridized carbons (Fsp3) is 0.833. The number of hydrogen-bond donors (Lipinski definition) is 3. The zero-order chi connectivity index (χ0) is 7.98. The van der Waals surface area contributed by atoms with Crippen LogP contribution in [0.25, 0.3) is 0 Å². The molecule has 0 aliphatic heterocycles. The second kappa shape index (κ2) is 8.29. The molecule has 0 saturated carbocycles. The van der Waals surface area contributed by atoms with Gasteiger partial charge in [-0.2, -0.15) is 0 Å². The van der Waals surface area contributed by atoms with Crippen LogP contribution in [0.2, 0.25) is 0 Å². The Morgan fingerprint density at radius 3 is 2.36 bits per heavy atom. The van der Waals surface area contributed by atoms with E-state index in [2.05, 4.69) is 0 Å². The van der Waals surface area contributed by atoms with Crippen molar-refractivity contribution in [3.05, 3.63) is 0 Å². The van der Waals surface area contributed by atoms with Gasteiger partial charge in [0, 0.05) is 23.9 Å². The van der Waals surface area contributed by atoms with E-state index in [0.29, 0.717) is 13.0 Å². The zero-order valence-electron chi connectivity index (χ0n) is 6.42. The molecule has 0 bridgehead atoms. The minimum atomic E-state index is -0.933. The van der Waals surface area contributed by atoms with Crippen LogP contribution in [0.3, 0.4) is 0 Å². The van der Waals surface area contributed by atoms with Gasteiger partial charge >= 0.3 is 5.97 Å². The van der Waals surface area contributed by atoms with Gasteiger partial charge in [-0.05, 0) is 19.4 Å². The quantitative estimate of drug-likeness (QED) is 0.446. The minimum Gasteiger partial charge on any atom is -0.480 e. The maximum absolute atomic E-state index is 10.1. The molecule has 0 saturated heterocycles. The molecular formula is C6H14N2O2Sn. The molecule has 5 heteroatoms. The summed E-state index contributed by atoms with van der Waals surface area (Å²) in [4.78, 5) is 10.1. The molecule has 0 aromatic carbocycles. The second-order valence-electron chi connectivity index (χ2n) is 2.23. The topological polar surface area (TPSA) is 89.3 Å². The Morgan fingerprint density at radius 2 is 2.00 bits per heavy atom. The third kappa shape index (κ3) is 8.09. The van der Waals surface area contributed by atoms with Crippen molar-refractivity contribution in [3.8, 4) is 0 Å². The summed E-state index contributed by atoms with van der Waals surface area (Å²) < 4.78 is 0. The molecule has 0 amide bonds. The normalized spacial score (nSPS) is 11.8.